The molecule has 0 radical (unpaired) electrons. The van der Waals surface area contributed by atoms with E-state index in [9.17, 15) is 9.59 Å². The predicted octanol–water partition coefficient (Wildman–Crippen LogP) is 2.29. The van der Waals surface area contributed by atoms with Crippen molar-refractivity contribution in [3.63, 3.8) is 0 Å². The van der Waals surface area contributed by atoms with Gasteiger partial charge < -0.3 is 4.74 Å². The Balaban J connectivity index is 4.15. The van der Waals surface area contributed by atoms with Gasteiger partial charge in [-0.1, -0.05) is 20.8 Å². The molecule has 0 saturated carbocycles. The van der Waals surface area contributed by atoms with Gasteiger partial charge in [-0.15, -0.1) is 0 Å². The lowest BCUT2D eigenvalue weighted by Gasteiger charge is -2.12. The molecule has 0 amide bonds. The summed E-state index contributed by atoms with van der Waals surface area (Å²) in [6.45, 7) is 7.98. The van der Waals surface area contributed by atoms with Crippen LogP contribution in [-0.2, 0) is 14.3 Å². The van der Waals surface area contributed by atoms with E-state index >= 15 is 0 Å². The van der Waals surface area contributed by atoms with Gasteiger partial charge >= 0.3 is 5.97 Å². The van der Waals surface area contributed by atoms with Gasteiger partial charge in [0.05, 0.1) is 12.4 Å². The molecule has 0 aliphatic heterocycles. The third-order valence-corrected chi connectivity index (χ3v) is 3.04. The average molecular weight is 232 g/mol. The van der Waals surface area contributed by atoms with Crippen molar-refractivity contribution in [3.05, 3.63) is 0 Å². The molecule has 0 spiro atoms. The second-order valence-corrected chi connectivity index (χ2v) is 5.10. The van der Waals surface area contributed by atoms with Crippen molar-refractivity contribution in [2.24, 2.45) is 5.92 Å². The second-order valence-electron chi connectivity index (χ2n) is 3.54. The van der Waals surface area contributed by atoms with Crippen LogP contribution >= 0.6 is 11.8 Å². The van der Waals surface area contributed by atoms with E-state index in [4.69, 9.17) is 4.74 Å². The normalized spacial score (nSPS) is 12.6. The Hall–Kier alpha value is -0.510. The molecule has 0 rings (SSSR count). The van der Waals surface area contributed by atoms with Crippen LogP contribution in [0.25, 0.3) is 0 Å². The molecule has 0 aromatic rings. The fourth-order valence-electron chi connectivity index (χ4n) is 1.12. The summed E-state index contributed by atoms with van der Waals surface area (Å²) in [5.74, 6) is -0.574. The Morgan fingerprint density at radius 2 is 1.87 bits per heavy atom. The average Bonchev–Trinajstić information content (AvgIpc) is 2.16. The molecule has 0 aromatic carbocycles. The van der Waals surface area contributed by atoms with Crippen LogP contribution in [0.2, 0.25) is 0 Å². The monoisotopic (exact) mass is 232 g/mol. The van der Waals surface area contributed by atoms with Crippen LogP contribution in [0, 0.1) is 5.92 Å². The van der Waals surface area contributed by atoms with Gasteiger partial charge in [-0.2, -0.15) is 11.8 Å². The number of ketones is 1. The van der Waals surface area contributed by atoms with Gasteiger partial charge in [-0.25, -0.2) is 0 Å². The van der Waals surface area contributed by atoms with Crippen molar-refractivity contribution >= 4 is 23.5 Å². The van der Waals surface area contributed by atoms with E-state index in [0.29, 0.717) is 24.0 Å². The molecule has 15 heavy (non-hydrogen) atoms. The van der Waals surface area contributed by atoms with Gasteiger partial charge in [0, 0.05) is 0 Å². The number of esters is 1. The van der Waals surface area contributed by atoms with Crippen LogP contribution in [0.15, 0.2) is 0 Å². The van der Waals surface area contributed by atoms with Crippen LogP contribution in [0.3, 0.4) is 0 Å². The maximum absolute atomic E-state index is 11.7. The fraction of sp³-hybridized carbons (Fsp3) is 0.818. The van der Waals surface area contributed by atoms with E-state index in [-0.39, 0.29) is 11.8 Å². The minimum absolute atomic E-state index is 0.0188. The van der Waals surface area contributed by atoms with Crippen LogP contribution in [0.5, 0.6) is 0 Å². The largest absolute Gasteiger partial charge is 0.465 e. The van der Waals surface area contributed by atoms with Gasteiger partial charge in [0.15, 0.2) is 5.78 Å². The highest BCUT2D eigenvalue weighted by Crippen LogP contribution is 2.15. The summed E-state index contributed by atoms with van der Waals surface area (Å²) in [5, 5.41) is 0.411. The van der Waals surface area contributed by atoms with Crippen molar-refractivity contribution in [2.45, 2.75) is 39.4 Å². The maximum atomic E-state index is 11.7. The van der Waals surface area contributed by atoms with E-state index in [2.05, 4.69) is 0 Å². The van der Waals surface area contributed by atoms with E-state index in [1.165, 1.54) is 0 Å². The Bertz CT molecular complexity index is 214. The molecule has 0 N–H and O–H groups in total. The zero-order valence-corrected chi connectivity index (χ0v) is 10.7. The molecule has 1 unspecified atom stereocenters. The first-order valence-electron chi connectivity index (χ1n) is 5.33. The second kappa shape index (κ2) is 7.74. The molecule has 0 fully saturated rings. The highest BCUT2D eigenvalue weighted by atomic mass is 32.2. The predicted molar refractivity (Wildman–Crippen MR) is 63.0 cm³/mol. The number of ether oxygens (including phenoxy) is 1. The number of carbonyl (C=O) groups is 2. The van der Waals surface area contributed by atoms with Gasteiger partial charge in [-0.3, -0.25) is 9.59 Å². The van der Waals surface area contributed by atoms with Crippen molar-refractivity contribution in [1.29, 1.82) is 0 Å². The zero-order valence-electron chi connectivity index (χ0n) is 9.91. The maximum Gasteiger partial charge on any atom is 0.316 e. The molecule has 0 aliphatic carbocycles. The lowest BCUT2D eigenvalue weighted by Crippen LogP contribution is -2.27. The van der Waals surface area contributed by atoms with E-state index in [1.807, 2.05) is 20.8 Å². The van der Waals surface area contributed by atoms with E-state index < -0.39 is 5.92 Å². The molecule has 4 heteroatoms. The van der Waals surface area contributed by atoms with Crippen LogP contribution < -0.4 is 0 Å². The van der Waals surface area contributed by atoms with Gasteiger partial charge in [0.25, 0.3) is 0 Å². The summed E-state index contributed by atoms with van der Waals surface area (Å²) in [6, 6.07) is 0. The first-order valence-corrected chi connectivity index (χ1v) is 6.38. The van der Waals surface area contributed by atoms with E-state index in [0.717, 1.165) is 0 Å². The highest BCUT2D eigenvalue weighted by Gasteiger charge is 2.25. The molecule has 0 saturated heterocycles. The number of hydrogen-bond acceptors (Lipinski definition) is 4. The summed E-state index contributed by atoms with van der Waals surface area (Å²) in [4.78, 5) is 23.1. The lowest BCUT2D eigenvalue weighted by molar-refractivity contribution is -0.151. The molecule has 1 atom stereocenters. The number of thioether (sulfide) groups is 1. The van der Waals surface area contributed by atoms with Crippen LogP contribution in [-0.4, -0.2) is 29.4 Å². The smallest absolute Gasteiger partial charge is 0.316 e. The molecule has 0 bridgehead atoms. The molecule has 3 nitrogen and oxygen atoms in total. The van der Waals surface area contributed by atoms with E-state index in [1.54, 1.807) is 18.7 Å². The SMILES string of the molecule is CCOC(=O)C(CC)C(=O)CSC(C)C. The Labute approximate surface area is 95.9 Å². The molecule has 0 heterocycles. The Kier molecular flexibility index (Phi) is 7.48. The summed E-state index contributed by atoms with van der Waals surface area (Å²) in [7, 11) is 0. The van der Waals surface area contributed by atoms with Crippen molar-refractivity contribution in [3.8, 4) is 0 Å². The molecular formula is C11H20O3S. The standard InChI is InChI=1S/C11H20O3S/c1-5-9(11(13)14-6-2)10(12)7-15-8(3)4/h8-9H,5-7H2,1-4H3. The first-order chi connectivity index (χ1) is 7.02. The van der Waals surface area contributed by atoms with Gasteiger partial charge in [0.1, 0.15) is 5.92 Å². The molecule has 0 aliphatic rings. The van der Waals surface area contributed by atoms with Gasteiger partial charge in [0.2, 0.25) is 0 Å². The quantitative estimate of drug-likeness (QED) is 0.499. The molecular weight excluding hydrogens is 212 g/mol. The number of hydrogen-bond donors (Lipinski definition) is 0. The van der Waals surface area contributed by atoms with Crippen molar-refractivity contribution in [1.82, 2.24) is 0 Å². The molecule has 0 aromatic heterocycles. The van der Waals surface area contributed by atoms with Gasteiger partial charge in [-0.05, 0) is 18.6 Å². The Morgan fingerprint density at radius 1 is 1.27 bits per heavy atom. The summed E-state index contributed by atoms with van der Waals surface area (Å²) >= 11 is 1.56. The minimum atomic E-state index is -0.573. The minimum Gasteiger partial charge on any atom is -0.465 e. The van der Waals surface area contributed by atoms with Crippen molar-refractivity contribution < 1.29 is 14.3 Å². The summed E-state index contributed by atoms with van der Waals surface area (Å²) in [6.07, 6.45) is 0.524. The molecule has 88 valence electrons. The van der Waals surface area contributed by atoms with Crippen molar-refractivity contribution in [2.75, 3.05) is 12.4 Å². The van der Waals surface area contributed by atoms with Crippen LogP contribution in [0.1, 0.15) is 34.1 Å². The summed E-state index contributed by atoms with van der Waals surface area (Å²) < 4.78 is 4.85. The summed E-state index contributed by atoms with van der Waals surface area (Å²) in [5.41, 5.74) is 0. The third-order valence-electron chi connectivity index (χ3n) is 1.93. The fourth-order valence-corrected chi connectivity index (χ4v) is 1.82. The highest BCUT2D eigenvalue weighted by molar-refractivity contribution is 8.00. The Morgan fingerprint density at radius 3 is 2.27 bits per heavy atom. The number of rotatable bonds is 7. The lowest BCUT2D eigenvalue weighted by atomic mass is 10.0. The first kappa shape index (κ1) is 14.5. The third kappa shape index (κ3) is 5.82. The number of carbonyl (C=O) groups excluding carboxylic acids is 2. The van der Waals surface area contributed by atoms with Crippen LogP contribution in [0.4, 0.5) is 0 Å². The topological polar surface area (TPSA) is 43.4 Å². The number of Topliss-reactive ketones (excluding diaryl/α,β-unsaturated/α-hetero) is 1. The zero-order chi connectivity index (χ0) is 11.8.